The Morgan fingerprint density at radius 2 is 0.586 bits per heavy atom. The summed E-state index contributed by atoms with van der Waals surface area (Å²) in [5.41, 5.74) is 5.25. The van der Waals surface area contributed by atoms with Crippen molar-refractivity contribution < 1.29 is 50.7 Å². The molecule has 2 saturated carbocycles. The molecule has 10 rings (SSSR count). The van der Waals surface area contributed by atoms with E-state index >= 15 is 0 Å². The van der Waals surface area contributed by atoms with Crippen LogP contribution in [0.2, 0.25) is 11.1 Å². The molecule has 0 heterocycles. The van der Waals surface area contributed by atoms with Crippen LogP contribution >= 0.6 is 0 Å². The predicted octanol–water partition coefficient (Wildman–Crippen LogP) is 5.75. The van der Waals surface area contributed by atoms with Gasteiger partial charge in [0, 0.05) is 9.52 Å². The molecule has 0 spiro atoms. The monoisotopic (exact) mass is 1180 g/mol. The zero-order chi connectivity index (χ0) is 46.3. The van der Waals surface area contributed by atoms with Crippen molar-refractivity contribution in [2.75, 3.05) is 0 Å². The molecule has 1 radical (unpaired) electrons. The molecular formula is C64H73Cl2HfSi3. The summed E-state index contributed by atoms with van der Waals surface area (Å²) in [5.74, 6) is 1.07. The molecule has 359 valence electrons. The van der Waals surface area contributed by atoms with E-state index in [9.17, 15) is 0 Å². The molecule has 8 aromatic rings. The van der Waals surface area contributed by atoms with Crippen LogP contribution in [0.4, 0.5) is 0 Å². The van der Waals surface area contributed by atoms with Gasteiger partial charge in [-0.1, -0.05) is 305 Å². The molecule has 0 amide bonds. The van der Waals surface area contributed by atoms with E-state index in [2.05, 4.69) is 246 Å². The molecule has 0 saturated heterocycles. The first kappa shape index (κ1) is 57.0. The Kier molecular flexibility index (Phi) is 23.1. The molecule has 0 atom stereocenters. The third-order valence-electron chi connectivity index (χ3n) is 14.8. The van der Waals surface area contributed by atoms with Crippen molar-refractivity contribution in [3.8, 4) is 0 Å². The molecule has 2 aliphatic rings. The molecule has 8 aromatic carbocycles. The fraction of sp³-hybridized carbons (Fsp3) is 0.281. The summed E-state index contributed by atoms with van der Waals surface area (Å²) >= 11 is 0. The van der Waals surface area contributed by atoms with Crippen LogP contribution in [0.25, 0.3) is 0 Å². The van der Waals surface area contributed by atoms with Crippen molar-refractivity contribution in [3.05, 3.63) is 230 Å². The van der Waals surface area contributed by atoms with E-state index in [1.807, 2.05) is 0 Å². The van der Waals surface area contributed by atoms with Crippen molar-refractivity contribution in [2.24, 2.45) is 0 Å². The summed E-state index contributed by atoms with van der Waals surface area (Å²) in [6.45, 7) is 9.09. The second-order valence-corrected chi connectivity index (χ2v) is 29.7. The maximum absolute atomic E-state index is 2.45. The summed E-state index contributed by atoms with van der Waals surface area (Å²) in [6.07, 6.45) is 15.6. The van der Waals surface area contributed by atoms with Gasteiger partial charge < -0.3 is 24.8 Å². The Bertz CT molecular complexity index is 2240. The van der Waals surface area contributed by atoms with E-state index in [0.717, 1.165) is 9.52 Å². The standard InChI is InChI=1S/2C26H25Si.C12H23Si.2ClH.Hf/c2*1-21(2)22-18-19-26(20-22)27(23-12-6-3-7-13-23,24-14-8-4-9-15-24)25-16-10-5-11-17-25;1-3-7-11(8-4-1)13-12-9-5-2-6-10-12;;;/h2*3-21H,1-2H3;11-13H,1-10H2;2*1H;/q2*-1;;;;+4/p-2. The maximum Gasteiger partial charge on any atom is 4.00 e. The number of rotatable bonds is 12. The number of benzene rings is 6. The van der Waals surface area contributed by atoms with Gasteiger partial charge in [0.15, 0.2) is 0 Å². The van der Waals surface area contributed by atoms with Gasteiger partial charge in [-0.2, -0.15) is 45.8 Å². The van der Waals surface area contributed by atoms with Gasteiger partial charge in [-0.25, -0.2) is 12.1 Å². The van der Waals surface area contributed by atoms with Crippen molar-refractivity contribution >= 4 is 67.2 Å². The van der Waals surface area contributed by atoms with Crippen LogP contribution in [0.5, 0.6) is 0 Å². The van der Waals surface area contributed by atoms with Gasteiger partial charge in [0.25, 0.3) is 0 Å². The first-order valence-electron chi connectivity index (χ1n) is 25.6. The summed E-state index contributed by atoms with van der Waals surface area (Å²) in [6, 6.07) is 80.8. The first-order valence-corrected chi connectivity index (χ1v) is 31.0. The third kappa shape index (κ3) is 13.4. The average Bonchev–Trinajstić information content (AvgIpc) is 4.11. The van der Waals surface area contributed by atoms with E-state index < -0.39 is 16.1 Å². The van der Waals surface area contributed by atoms with Crippen LogP contribution in [-0.4, -0.2) is 25.7 Å². The van der Waals surface area contributed by atoms with E-state index in [1.165, 1.54) is 76.5 Å². The summed E-state index contributed by atoms with van der Waals surface area (Å²) in [5, 5.41) is 11.5. The molecule has 2 aliphatic carbocycles. The second-order valence-electron chi connectivity index (χ2n) is 19.9. The van der Waals surface area contributed by atoms with Crippen LogP contribution in [0.1, 0.15) is 115 Å². The normalized spacial score (nSPS) is 14.1. The maximum atomic E-state index is 2.45. The zero-order valence-electron chi connectivity index (χ0n) is 42.0. The molecule has 0 unspecified atom stereocenters. The van der Waals surface area contributed by atoms with Gasteiger partial charge in [0.2, 0.25) is 0 Å². The van der Waals surface area contributed by atoms with Gasteiger partial charge in [-0.15, -0.1) is 0 Å². The smallest absolute Gasteiger partial charge is 1.00 e. The summed E-state index contributed by atoms with van der Waals surface area (Å²) < 4.78 is 0. The molecule has 0 aromatic heterocycles. The minimum Gasteiger partial charge on any atom is -1.00 e. The van der Waals surface area contributed by atoms with E-state index in [1.54, 1.807) is 51.4 Å². The third-order valence-corrected chi connectivity index (χ3v) is 26.8. The second kappa shape index (κ2) is 28.4. The molecule has 70 heavy (non-hydrogen) atoms. The molecule has 0 bridgehead atoms. The fourth-order valence-electron chi connectivity index (χ4n) is 11.3. The van der Waals surface area contributed by atoms with Gasteiger partial charge in [0.05, 0.1) is 0 Å². The van der Waals surface area contributed by atoms with E-state index in [0.29, 0.717) is 11.8 Å². The van der Waals surface area contributed by atoms with Crippen LogP contribution in [0, 0.1) is 0 Å². The summed E-state index contributed by atoms with van der Waals surface area (Å²) in [7, 11) is -3.82. The summed E-state index contributed by atoms with van der Waals surface area (Å²) in [4.78, 5) is 0. The van der Waals surface area contributed by atoms with E-state index in [-0.39, 0.29) is 50.7 Å². The Labute approximate surface area is 458 Å². The fourth-order valence-corrected chi connectivity index (χ4v) is 23.3. The molecule has 0 aliphatic heterocycles. The molecule has 0 N–H and O–H groups in total. The Morgan fingerprint density at radius 3 is 0.786 bits per heavy atom. The van der Waals surface area contributed by atoms with Gasteiger partial charge in [0.1, 0.15) is 16.1 Å². The molecule has 0 nitrogen and oxygen atoms in total. The largest absolute Gasteiger partial charge is 4.00 e. The average molecular weight is 1180 g/mol. The Balaban J connectivity index is 0.000000202. The first-order chi connectivity index (χ1) is 32.9. The Hall–Kier alpha value is -3.88. The quantitative estimate of drug-likeness (QED) is 0.0833. The Morgan fingerprint density at radius 1 is 0.357 bits per heavy atom. The van der Waals surface area contributed by atoms with Crippen molar-refractivity contribution in [1.82, 2.24) is 0 Å². The van der Waals surface area contributed by atoms with Gasteiger partial charge in [-0.05, 0) is 22.9 Å². The minimum atomic E-state index is -2.32. The van der Waals surface area contributed by atoms with Gasteiger partial charge >= 0.3 is 25.8 Å². The van der Waals surface area contributed by atoms with Crippen LogP contribution in [-0.2, 0) is 25.8 Å². The molecule has 2 fully saturated rings. The van der Waals surface area contributed by atoms with Crippen molar-refractivity contribution in [3.63, 3.8) is 0 Å². The minimum absolute atomic E-state index is 0. The predicted molar refractivity (Wildman–Crippen MR) is 300 cm³/mol. The molecule has 6 heteroatoms. The molecular weight excluding hydrogens is 1100 g/mol. The number of hydrogen-bond acceptors (Lipinski definition) is 0. The zero-order valence-corrected chi connectivity index (χ0v) is 50.3. The van der Waals surface area contributed by atoms with Crippen LogP contribution in [0.15, 0.2) is 218 Å². The van der Waals surface area contributed by atoms with Crippen LogP contribution < -0.4 is 66.3 Å². The van der Waals surface area contributed by atoms with E-state index in [4.69, 9.17) is 0 Å². The topological polar surface area (TPSA) is 0 Å². The van der Waals surface area contributed by atoms with Gasteiger partial charge in [-0.3, -0.25) is 0 Å². The number of halogens is 2. The SMILES string of the molecule is C1CCC([SiH]C2CCCCC2)CC1.CC(C)c1cc([Si](c2ccccc2)(c2ccccc2)c2ccccc2)c[cH-]1.CC(C)c1cc([Si](c2ccccc2)(c2ccccc2)c2ccccc2)c[cH-]1.[Cl-].[Cl-].[Hf+4]. The van der Waals surface area contributed by atoms with Crippen molar-refractivity contribution in [2.45, 2.75) is 115 Å². The number of hydrogen-bond donors (Lipinski definition) is 0. The van der Waals surface area contributed by atoms with Crippen LogP contribution in [0.3, 0.4) is 0 Å². The van der Waals surface area contributed by atoms with Crippen molar-refractivity contribution in [1.29, 1.82) is 0 Å².